The van der Waals surface area contributed by atoms with Crippen molar-refractivity contribution in [2.45, 2.75) is 24.8 Å². The van der Waals surface area contributed by atoms with E-state index < -0.39 is 0 Å². The molecule has 0 aliphatic rings. The van der Waals surface area contributed by atoms with Gasteiger partial charge < -0.3 is 9.15 Å². The molecule has 2 aromatic carbocycles. The maximum Gasteiger partial charge on any atom is 0.230 e. The Kier molecular flexibility index (Phi) is 6.71. The molecule has 5 nitrogen and oxygen atoms in total. The van der Waals surface area contributed by atoms with E-state index in [9.17, 15) is 4.79 Å². The van der Waals surface area contributed by atoms with Crippen molar-refractivity contribution in [3.63, 3.8) is 0 Å². The van der Waals surface area contributed by atoms with Gasteiger partial charge in [0.1, 0.15) is 11.5 Å². The SMILES string of the molecule is CCOc1ccc2nc(N(Cc3ccco3)C(=O)CCSc3ccccc3)sc2c1. The average Bonchev–Trinajstić information content (AvgIpc) is 3.42. The second-order valence-electron chi connectivity index (χ2n) is 6.53. The molecule has 7 heteroatoms. The van der Waals surface area contributed by atoms with E-state index in [4.69, 9.17) is 14.1 Å². The van der Waals surface area contributed by atoms with Crippen LogP contribution in [-0.4, -0.2) is 23.3 Å². The summed E-state index contributed by atoms with van der Waals surface area (Å²) in [6.07, 6.45) is 2.04. The second kappa shape index (κ2) is 9.82. The third kappa shape index (κ3) is 5.04. The molecule has 154 valence electrons. The molecule has 4 aromatic rings. The standard InChI is InChI=1S/C23H22N2O3S2/c1-2-27-17-10-11-20-21(15-17)30-23(24-20)25(16-18-7-6-13-28-18)22(26)12-14-29-19-8-4-3-5-9-19/h3-11,13,15H,2,12,14,16H2,1H3. The molecule has 2 heterocycles. The normalized spacial score (nSPS) is 11.0. The minimum absolute atomic E-state index is 0.0268. The summed E-state index contributed by atoms with van der Waals surface area (Å²) in [5, 5.41) is 0.671. The molecule has 0 fully saturated rings. The number of rotatable bonds is 9. The van der Waals surface area contributed by atoms with Crippen molar-refractivity contribution in [1.29, 1.82) is 0 Å². The highest BCUT2D eigenvalue weighted by molar-refractivity contribution is 7.99. The molecule has 0 spiro atoms. The summed E-state index contributed by atoms with van der Waals surface area (Å²) in [6, 6.07) is 19.6. The number of anilines is 1. The van der Waals surface area contributed by atoms with E-state index in [2.05, 4.69) is 12.1 Å². The Morgan fingerprint density at radius 2 is 2.03 bits per heavy atom. The fourth-order valence-electron chi connectivity index (χ4n) is 2.99. The Morgan fingerprint density at radius 1 is 1.17 bits per heavy atom. The van der Waals surface area contributed by atoms with Gasteiger partial charge in [-0.1, -0.05) is 29.5 Å². The van der Waals surface area contributed by atoms with Gasteiger partial charge in [0.2, 0.25) is 5.91 Å². The molecule has 1 amide bonds. The number of carbonyl (C=O) groups is 1. The number of nitrogens with zero attached hydrogens (tertiary/aromatic N) is 2. The van der Waals surface area contributed by atoms with Crippen LogP contribution in [0.2, 0.25) is 0 Å². The fraction of sp³-hybridized carbons (Fsp3) is 0.217. The van der Waals surface area contributed by atoms with Crippen LogP contribution in [0.1, 0.15) is 19.1 Å². The number of furan rings is 1. The van der Waals surface area contributed by atoms with Crippen LogP contribution in [0.15, 0.2) is 76.2 Å². The number of fused-ring (bicyclic) bond motifs is 1. The van der Waals surface area contributed by atoms with E-state index >= 15 is 0 Å². The van der Waals surface area contributed by atoms with Gasteiger partial charge in [-0.25, -0.2) is 4.98 Å². The highest BCUT2D eigenvalue weighted by Crippen LogP contribution is 2.33. The van der Waals surface area contributed by atoms with Crippen molar-refractivity contribution in [3.05, 3.63) is 72.7 Å². The number of amides is 1. The Balaban J connectivity index is 1.53. The number of ether oxygens (including phenoxy) is 1. The largest absolute Gasteiger partial charge is 0.494 e. The minimum atomic E-state index is 0.0268. The van der Waals surface area contributed by atoms with E-state index in [1.807, 2.05) is 55.5 Å². The van der Waals surface area contributed by atoms with Gasteiger partial charge in [-0.2, -0.15) is 0 Å². The van der Waals surface area contributed by atoms with Gasteiger partial charge in [0.05, 0.1) is 29.6 Å². The zero-order chi connectivity index (χ0) is 20.8. The van der Waals surface area contributed by atoms with Gasteiger partial charge in [0, 0.05) is 17.1 Å². The highest BCUT2D eigenvalue weighted by atomic mass is 32.2. The quantitative estimate of drug-likeness (QED) is 0.300. The zero-order valence-corrected chi connectivity index (χ0v) is 18.2. The summed E-state index contributed by atoms with van der Waals surface area (Å²) in [6.45, 7) is 2.93. The predicted octanol–water partition coefficient (Wildman–Crippen LogP) is 6.00. The topological polar surface area (TPSA) is 55.6 Å². The van der Waals surface area contributed by atoms with Crippen molar-refractivity contribution in [1.82, 2.24) is 4.98 Å². The molecule has 4 rings (SSSR count). The summed E-state index contributed by atoms with van der Waals surface area (Å²) >= 11 is 3.17. The van der Waals surface area contributed by atoms with E-state index in [0.717, 1.165) is 26.6 Å². The van der Waals surface area contributed by atoms with Gasteiger partial charge in [-0.15, -0.1) is 11.8 Å². The van der Waals surface area contributed by atoms with Gasteiger partial charge >= 0.3 is 0 Å². The molecule has 0 aliphatic heterocycles. The average molecular weight is 439 g/mol. The molecule has 0 unspecified atom stereocenters. The molecule has 0 N–H and O–H groups in total. The number of benzene rings is 2. The number of thiazole rings is 1. The molecule has 0 saturated carbocycles. The van der Waals surface area contributed by atoms with Crippen LogP contribution in [0.5, 0.6) is 5.75 Å². The van der Waals surface area contributed by atoms with Gasteiger partial charge in [0.15, 0.2) is 5.13 Å². The maximum absolute atomic E-state index is 13.1. The molecule has 30 heavy (non-hydrogen) atoms. The van der Waals surface area contributed by atoms with Crippen LogP contribution in [0, 0.1) is 0 Å². The smallest absolute Gasteiger partial charge is 0.230 e. The van der Waals surface area contributed by atoms with Crippen LogP contribution in [0.25, 0.3) is 10.2 Å². The van der Waals surface area contributed by atoms with Gasteiger partial charge in [0.25, 0.3) is 0 Å². The van der Waals surface area contributed by atoms with E-state index in [0.29, 0.717) is 30.5 Å². The molecular weight excluding hydrogens is 416 g/mol. The molecule has 0 atom stereocenters. The molecular formula is C23H22N2O3S2. The fourth-order valence-corrected chi connectivity index (χ4v) is 4.87. The number of thioether (sulfide) groups is 1. The van der Waals surface area contributed by atoms with E-state index in [1.165, 1.54) is 11.3 Å². The predicted molar refractivity (Wildman–Crippen MR) is 122 cm³/mol. The van der Waals surface area contributed by atoms with Crippen molar-refractivity contribution in [2.24, 2.45) is 0 Å². The Bertz CT molecular complexity index is 1090. The third-order valence-electron chi connectivity index (χ3n) is 4.41. The second-order valence-corrected chi connectivity index (χ2v) is 8.71. The molecule has 0 radical (unpaired) electrons. The summed E-state index contributed by atoms with van der Waals surface area (Å²) in [4.78, 5) is 20.7. The van der Waals surface area contributed by atoms with Crippen molar-refractivity contribution >= 4 is 44.4 Å². The lowest BCUT2D eigenvalue weighted by atomic mass is 10.3. The number of hydrogen-bond acceptors (Lipinski definition) is 6. The van der Waals surface area contributed by atoms with E-state index in [1.54, 1.807) is 22.9 Å². The van der Waals surface area contributed by atoms with E-state index in [-0.39, 0.29) is 5.91 Å². The minimum Gasteiger partial charge on any atom is -0.494 e. The zero-order valence-electron chi connectivity index (χ0n) is 16.6. The van der Waals surface area contributed by atoms with Crippen molar-refractivity contribution in [2.75, 3.05) is 17.3 Å². The monoisotopic (exact) mass is 438 g/mol. The lowest BCUT2D eigenvalue weighted by molar-refractivity contribution is -0.118. The molecule has 0 saturated heterocycles. The third-order valence-corrected chi connectivity index (χ3v) is 6.47. The van der Waals surface area contributed by atoms with Crippen molar-refractivity contribution < 1.29 is 13.9 Å². The van der Waals surface area contributed by atoms with Crippen molar-refractivity contribution in [3.8, 4) is 5.75 Å². The first-order valence-electron chi connectivity index (χ1n) is 9.77. The Labute approximate surface area is 183 Å². The number of carbonyl (C=O) groups excluding carboxylic acids is 1. The summed E-state index contributed by atoms with van der Waals surface area (Å²) in [7, 11) is 0. The lowest BCUT2D eigenvalue weighted by Gasteiger charge is -2.18. The molecule has 2 aromatic heterocycles. The van der Waals surface area contributed by atoms with Gasteiger partial charge in [-0.3, -0.25) is 9.69 Å². The first-order valence-corrected chi connectivity index (χ1v) is 11.6. The first-order chi connectivity index (χ1) is 14.7. The molecule has 0 aliphatic carbocycles. The summed E-state index contributed by atoms with van der Waals surface area (Å²) in [5.41, 5.74) is 0.856. The highest BCUT2D eigenvalue weighted by Gasteiger charge is 2.21. The Hall–Kier alpha value is -2.77. The summed E-state index contributed by atoms with van der Waals surface area (Å²) in [5.74, 6) is 2.27. The number of aromatic nitrogens is 1. The van der Waals surface area contributed by atoms with Crippen LogP contribution in [-0.2, 0) is 11.3 Å². The summed E-state index contributed by atoms with van der Waals surface area (Å²) < 4.78 is 12.1. The maximum atomic E-state index is 13.1. The Morgan fingerprint density at radius 3 is 2.80 bits per heavy atom. The lowest BCUT2D eigenvalue weighted by Crippen LogP contribution is -2.30. The van der Waals surface area contributed by atoms with Crippen LogP contribution in [0.4, 0.5) is 5.13 Å². The van der Waals surface area contributed by atoms with Crippen LogP contribution < -0.4 is 9.64 Å². The van der Waals surface area contributed by atoms with Crippen LogP contribution in [0.3, 0.4) is 0 Å². The van der Waals surface area contributed by atoms with Crippen LogP contribution >= 0.6 is 23.1 Å². The van der Waals surface area contributed by atoms with Gasteiger partial charge in [-0.05, 0) is 49.4 Å². The first kappa shape index (κ1) is 20.5. The molecule has 0 bridgehead atoms. The number of hydrogen-bond donors (Lipinski definition) is 0.